The van der Waals surface area contributed by atoms with Crippen molar-refractivity contribution in [3.05, 3.63) is 0 Å². The Bertz CT molecular complexity index is 125. The van der Waals surface area contributed by atoms with Gasteiger partial charge in [0, 0.05) is 0 Å². The summed E-state index contributed by atoms with van der Waals surface area (Å²) in [4.78, 5) is 0. The summed E-state index contributed by atoms with van der Waals surface area (Å²) in [6, 6.07) is 0. The second kappa shape index (κ2) is 4.45. The summed E-state index contributed by atoms with van der Waals surface area (Å²) < 4.78 is 36.0. The van der Waals surface area contributed by atoms with Gasteiger partial charge in [-0.15, -0.1) is 0 Å². The molecule has 0 aromatic heterocycles. The van der Waals surface area contributed by atoms with E-state index in [-0.39, 0.29) is 5.66 Å². The average molecular weight is 198 g/mol. The minimum absolute atomic E-state index is 0.0625. The Kier molecular flexibility index (Phi) is 3.82. The van der Waals surface area contributed by atoms with Gasteiger partial charge in [0.05, 0.1) is 0 Å². The Hall–Kier alpha value is 0.220. The van der Waals surface area contributed by atoms with Crippen molar-refractivity contribution in [2.24, 2.45) is 0 Å². The van der Waals surface area contributed by atoms with Crippen molar-refractivity contribution in [2.75, 3.05) is 0 Å². The molecule has 1 unspecified atom stereocenters. The van der Waals surface area contributed by atoms with Crippen molar-refractivity contribution in [1.29, 1.82) is 0 Å². The molecule has 0 amide bonds. The quantitative estimate of drug-likeness (QED) is 0.442. The second-order valence-electron chi connectivity index (χ2n) is 3.33. The first-order valence-corrected chi connectivity index (χ1v) is 5.50. The number of hydrogen-bond donors (Lipinski definition) is 0. The molecule has 0 heterocycles. The molecule has 1 aliphatic rings. The van der Waals surface area contributed by atoms with Gasteiger partial charge in [0.1, 0.15) is 0 Å². The van der Waals surface area contributed by atoms with Crippen molar-refractivity contribution in [3.63, 3.8) is 0 Å². The highest BCUT2D eigenvalue weighted by Crippen LogP contribution is 2.44. The summed E-state index contributed by atoms with van der Waals surface area (Å²) >= 11 is 0. The molecular weight excluding hydrogens is 184 g/mol. The van der Waals surface area contributed by atoms with Crippen LogP contribution in [0, 0.1) is 0 Å². The fourth-order valence-corrected chi connectivity index (χ4v) is 2.81. The van der Waals surface area contributed by atoms with Crippen LogP contribution in [0.2, 0.25) is 0 Å². The fourth-order valence-electron chi connectivity index (χ4n) is 1.66. The first kappa shape index (κ1) is 10.3. The molecule has 1 fully saturated rings. The van der Waals surface area contributed by atoms with E-state index in [9.17, 15) is 13.2 Å². The smallest absolute Gasteiger partial charge is 0.167 e. The van der Waals surface area contributed by atoms with Crippen LogP contribution >= 0.6 is 8.58 Å². The third-order valence-electron chi connectivity index (χ3n) is 2.22. The average Bonchev–Trinajstić information content (AvgIpc) is 2.12. The normalized spacial score (nSPS) is 23.2. The molecule has 1 saturated carbocycles. The molecule has 0 aromatic rings. The molecule has 0 nitrogen and oxygen atoms in total. The summed E-state index contributed by atoms with van der Waals surface area (Å²) in [5.41, 5.74) is -0.0625. The van der Waals surface area contributed by atoms with Gasteiger partial charge in [-0.2, -0.15) is 13.2 Å². The fraction of sp³-hybridized carbons (Fsp3) is 1.00. The molecule has 4 heteroatoms. The van der Waals surface area contributed by atoms with Crippen molar-refractivity contribution < 1.29 is 13.2 Å². The summed E-state index contributed by atoms with van der Waals surface area (Å²) in [5, 5.41) is 0. The van der Waals surface area contributed by atoms with E-state index < -0.39 is 14.5 Å². The topological polar surface area (TPSA) is 0 Å². The van der Waals surface area contributed by atoms with Crippen LogP contribution in [0.3, 0.4) is 0 Å². The highest BCUT2D eigenvalue weighted by molar-refractivity contribution is 7.40. The zero-order valence-electron chi connectivity index (χ0n) is 6.95. The van der Waals surface area contributed by atoms with Gasteiger partial charge in [0.2, 0.25) is 0 Å². The molecule has 0 N–H and O–H groups in total. The molecule has 1 rings (SSSR count). The zero-order chi connectivity index (χ0) is 9.03. The van der Waals surface area contributed by atoms with Crippen LogP contribution in [0.5, 0.6) is 0 Å². The lowest BCUT2D eigenvalue weighted by atomic mass is 10.2. The third-order valence-corrected chi connectivity index (χ3v) is 3.54. The summed E-state index contributed by atoms with van der Waals surface area (Å²) in [6.07, 6.45) is 5.81. The van der Waals surface area contributed by atoms with Crippen LogP contribution in [0.25, 0.3) is 0 Å². The van der Waals surface area contributed by atoms with Gasteiger partial charge in [-0.3, -0.25) is 0 Å². The van der Waals surface area contributed by atoms with Gasteiger partial charge in [-0.05, 0) is 27.1 Å². The predicted octanol–water partition coefficient (Wildman–Crippen LogP) is 3.91. The highest BCUT2D eigenvalue weighted by Gasteiger charge is 2.31. The maximum absolute atomic E-state index is 12.0. The lowest BCUT2D eigenvalue weighted by Crippen LogP contribution is -2.08. The van der Waals surface area contributed by atoms with Crippen molar-refractivity contribution in [3.8, 4) is 0 Å². The van der Waals surface area contributed by atoms with Crippen LogP contribution in [0.4, 0.5) is 13.2 Å². The van der Waals surface area contributed by atoms with E-state index in [0.717, 1.165) is 38.5 Å². The van der Waals surface area contributed by atoms with Gasteiger partial charge in [-0.1, -0.05) is 25.7 Å². The maximum Gasteiger partial charge on any atom is 0.402 e. The lowest BCUT2D eigenvalue weighted by Gasteiger charge is -2.15. The Labute approximate surface area is 72.7 Å². The van der Waals surface area contributed by atoms with Crippen LogP contribution in [0.15, 0.2) is 0 Å². The van der Waals surface area contributed by atoms with E-state index in [1.54, 1.807) is 0 Å². The van der Waals surface area contributed by atoms with Gasteiger partial charge >= 0.3 is 5.92 Å². The maximum atomic E-state index is 12.0. The van der Waals surface area contributed by atoms with Gasteiger partial charge < -0.3 is 0 Å². The van der Waals surface area contributed by atoms with Crippen LogP contribution in [-0.4, -0.2) is 11.6 Å². The highest BCUT2D eigenvalue weighted by atomic mass is 31.1. The molecule has 1 atom stereocenters. The molecule has 0 aliphatic heterocycles. The summed E-state index contributed by atoms with van der Waals surface area (Å²) in [5.74, 6) is -3.92. The van der Waals surface area contributed by atoms with E-state index in [0.29, 0.717) is 0 Å². The molecule has 0 saturated heterocycles. The Morgan fingerprint density at radius 1 is 0.917 bits per heavy atom. The van der Waals surface area contributed by atoms with Crippen molar-refractivity contribution in [1.82, 2.24) is 0 Å². The van der Waals surface area contributed by atoms with E-state index in [1.165, 1.54) is 0 Å². The first-order valence-electron chi connectivity index (χ1n) is 4.42. The zero-order valence-corrected chi connectivity index (χ0v) is 7.95. The number of halogens is 3. The van der Waals surface area contributed by atoms with Gasteiger partial charge in [-0.25, -0.2) is 0 Å². The van der Waals surface area contributed by atoms with E-state index in [2.05, 4.69) is 0 Å². The van der Waals surface area contributed by atoms with Crippen LogP contribution in [-0.2, 0) is 0 Å². The standard InChI is InChI=1S/C8H14F3P/c9-8(10,11)12-7-5-3-1-2-4-6-7/h7,12H,1-6H2. The first-order chi connectivity index (χ1) is 5.58. The molecule has 72 valence electrons. The predicted molar refractivity (Wildman–Crippen MR) is 45.9 cm³/mol. The molecule has 12 heavy (non-hydrogen) atoms. The molecule has 0 bridgehead atoms. The molecule has 0 radical (unpaired) electrons. The summed E-state index contributed by atoms with van der Waals surface area (Å²) in [7, 11) is -0.814. The minimum Gasteiger partial charge on any atom is -0.167 e. The Balaban J connectivity index is 2.30. The minimum atomic E-state index is -3.92. The van der Waals surface area contributed by atoms with Crippen molar-refractivity contribution >= 4 is 8.58 Å². The number of alkyl halides is 3. The monoisotopic (exact) mass is 198 g/mol. The third kappa shape index (κ3) is 4.30. The van der Waals surface area contributed by atoms with Crippen molar-refractivity contribution in [2.45, 2.75) is 50.1 Å². The SMILES string of the molecule is FC(F)(F)PC1CCCCCC1. The van der Waals surface area contributed by atoms with Crippen LogP contribution < -0.4 is 0 Å². The van der Waals surface area contributed by atoms with Gasteiger partial charge in [0.25, 0.3) is 0 Å². The molecular formula is C8H14F3P. The Morgan fingerprint density at radius 3 is 1.83 bits per heavy atom. The summed E-state index contributed by atoms with van der Waals surface area (Å²) in [6.45, 7) is 0. The van der Waals surface area contributed by atoms with Gasteiger partial charge in [0.15, 0.2) is 0 Å². The number of rotatable bonds is 1. The lowest BCUT2D eigenvalue weighted by molar-refractivity contribution is -0.0379. The van der Waals surface area contributed by atoms with E-state index in [1.807, 2.05) is 0 Å². The van der Waals surface area contributed by atoms with E-state index in [4.69, 9.17) is 0 Å². The Morgan fingerprint density at radius 2 is 1.42 bits per heavy atom. The largest absolute Gasteiger partial charge is 0.402 e. The molecule has 0 spiro atoms. The number of hydrogen-bond acceptors (Lipinski definition) is 0. The molecule has 0 aromatic carbocycles. The van der Waals surface area contributed by atoms with Crippen LogP contribution in [0.1, 0.15) is 38.5 Å². The molecule has 1 aliphatic carbocycles. The second-order valence-corrected chi connectivity index (χ2v) is 5.00. The van der Waals surface area contributed by atoms with E-state index >= 15 is 0 Å².